The number of rotatable bonds is 9. The van der Waals surface area contributed by atoms with E-state index in [9.17, 15) is 0 Å². The molecule has 1 aliphatic rings. The normalized spacial score (nSPS) is 12.0. The number of para-hydroxylation sites is 1. The fourth-order valence-corrected chi connectivity index (χ4v) is 9.25. The van der Waals surface area contributed by atoms with E-state index in [0.29, 0.717) is 0 Å². The maximum Gasteiger partial charge on any atom is 0.0537 e. The first-order valence-electron chi connectivity index (χ1n) is 21.6. The van der Waals surface area contributed by atoms with Crippen LogP contribution in [-0.4, -0.2) is 4.57 Å². The summed E-state index contributed by atoms with van der Waals surface area (Å²) >= 11 is 0. The van der Waals surface area contributed by atoms with E-state index in [1.165, 1.54) is 83.5 Å². The summed E-state index contributed by atoms with van der Waals surface area (Å²) in [5, 5.41) is 1.30. The summed E-state index contributed by atoms with van der Waals surface area (Å²) in [5.41, 5.74) is 20.4. The van der Waals surface area contributed by atoms with E-state index in [-0.39, 0.29) is 0 Å². The van der Waals surface area contributed by atoms with E-state index in [0.717, 1.165) is 29.9 Å². The molecular formula is C60H44N2. The molecule has 0 spiro atoms. The zero-order valence-corrected chi connectivity index (χ0v) is 34.4. The summed E-state index contributed by atoms with van der Waals surface area (Å²) < 4.78 is 2.50. The molecule has 1 aromatic heterocycles. The molecule has 0 aliphatic heterocycles. The van der Waals surface area contributed by atoms with Gasteiger partial charge in [-0.25, -0.2) is 0 Å². The van der Waals surface area contributed by atoms with E-state index in [4.69, 9.17) is 0 Å². The first-order valence-corrected chi connectivity index (χ1v) is 21.6. The highest BCUT2D eigenvalue weighted by Gasteiger charge is 2.21. The second kappa shape index (κ2) is 16.3. The lowest BCUT2D eigenvalue weighted by molar-refractivity contribution is 0.889. The average molecular weight is 793 g/mol. The number of benzene rings is 9. The van der Waals surface area contributed by atoms with Crippen molar-refractivity contribution in [1.82, 2.24) is 4.57 Å². The zero-order chi connectivity index (χ0) is 41.2. The van der Waals surface area contributed by atoms with Crippen LogP contribution in [0.1, 0.15) is 17.7 Å². The monoisotopic (exact) mass is 792 g/mol. The van der Waals surface area contributed by atoms with Crippen LogP contribution in [0.4, 0.5) is 17.1 Å². The molecule has 10 aromatic rings. The number of nitrogens with zero attached hydrogens (tertiary/aromatic N) is 2. The van der Waals surface area contributed by atoms with Gasteiger partial charge in [0, 0.05) is 39.4 Å². The van der Waals surface area contributed by atoms with Crippen molar-refractivity contribution in [2.75, 3.05) is 4.90 Å². The van der Waals surface area contributed by atoms with E-state index in [1.807, 2.05) is 0 Å². The number of hydrogen-bond donors (Lipinski definition) is 0. The molecule has 1 heterocycles. The van der Waals surface area contributed by atoms with Gasteiger partial charge in [0.05, 0.1) is 5.52 Å². The van der Waals surface area contributed by atoms with Gasteiger partial charge in [0.2, 0.25) is 0 Å². The Morgan fingerprint density at radius 3 is 1.42 bits per heavy atom. The number of anilines is 3. The van der Waals surface area contributed by atoms with Gasteiger partial charge in [0.15, 0.2) is 0 Å². The van der Waals surface area contributed by atoms with Gasteiger partial charge < -0.3 is 9.47 Å². The molecule has 0 bridgehead atoms. The summed E-state index contributed by atoms with van der Waals surface area (Å²) in [7, 11) is 0. The van der Waals surface area contributed by atoms with Gasteiger partial charge in [0.1, 0.15) is 0 Å². The van der Waals surface area contributed by atoms with Crippen LogP contribution in [0.25, 0.3) is 78.3 Å². The van der Waals surface area contributed by atoms with Gasteiger partial charge in [-0.2, -0.15) is 0 Å². The fourth-order valence-electron chi connectivity index (χ4n) is 9.25. The predicted octanol–water partition coefficient (Wildman–Crippen LogP) is 16.4. The Hall–Kier alpha value is -7.94. The van der Waals surface area contributed by atoms with Crippen molar-refractivity contribution in [2.24, 2.45) is 0 Å². The highest BCUT2D eigenvalue weighted by atomic mass is 15.1. The Balaban J connectivity index is 1.05. The van der Waals surface area contributed by atoms with Gasteiger partial charge in [-0.15, -0.1) is 0 Å². The molecule has 0 N–H and O–H groups in total. The number of allylic oxidation sites excluding steroid dienone is 1. The molecule has 1 aliphatic carbocycles. The lowest BCUT2D eigenvalue weighted by atomic mass is 9.93. The molecule has 0 saturated heterocycles. The van der Waals surface area contributed by atoms with E-state index in [1.54, 1.807) is 0 Å². The van der Waals surface area contributed by atoms with Gasteiger partial charge in [-0.05, 0) is 129 Å². The van der Waals surface area contributed by atoms with Crippen molar-refractivity contribution in [3.8, 4) is 61.3 Å². The molecule has 0 radical (unpaired) electrons. The molecule has 11 rings (SSSR count). The van der Waals surface area contributed by atoms with Crippen LogP contribution in [-0.2, 0) is 6.42 Å². The third-order valence-corrected chi connectivity index (χ3v) is 12.3. The topological polar surface area (TPSA) is 8.17 Å². The zero-order valence-electron chi connectivity index (χ0n) is 34.4. The second-order valence-corrected chi connectivity index (χ2v) is 16.0. The Morgan fingerprint density at radius 1 is 0.355 bits per heavy atom. The van der Waals surface area contributed by atoms with E-state index < -0.39 is 0 Å². The highest BCUT2D eigenvalue weighted by Crippen LogP contribution is 2.43. The number of fused-ring (bicyclic) bond motifs is 3. The molecule has 0 unspecified atom stereocenters. The highest BCUT2D eigenvalue weighted by molar-refractivity contribution is 5.94. The molecule has 0 fully saturated rings. The smallest absolute Gasteiger partial charge is 0.0537 e. The molecule has 0 saturated carbocycles. The maximum atomic E-state index is 2.50. The minimum absolute atomic E-state index is 1.01. The Labute approximate surface area is 364 Å². The van der Waals surface area contributed by atoms with Crippen molar-refractivity contribution >= 4 is 34.0 Å². The van der Waals surface area contributed by atoms with Crippen LogP contribution in [0, 0.1) is 0 Å². The largest absolute Gasteiger partial charge is 0.313 e. The van der Waals surface area contributed by atoms with E-state index in [2.05, 4.69) is 252 Å². The number of hydrogen-bond acceptors (Lipinski definition) is 1. The first-order chi connectivity index (χ1) is 30.7. The Morgan fingerprint density at radius 2 is 0.823 bits per heavy atom. The van der Waals surface area contributed by atoms with Crippen molar-refractivity contribution in [1.29, 1.82) is 0 Å². The minimum Gasteiger partial charge on any atom is -0.313 e. The average Bonchev–Trinajstić information content (AvgIpc) is 3.70. The summed E-state index contributed by atoms with van der Waals surface area (Å²) in [5.74, 6) is 0. The molecule has 9 aromatic carbocycles. The minimum atomic E-state index is 1.01. The van der Waals surface area contributed by atoms with Crippen LogP contribution < -0.4 is 4.90 Å². The van der Waals surface area contributed by atoms with Crippen LogP contribution in [0.5, 0.6) is 0 Å². The van der Waals surface area contributed by atoms with Gasteiger partial charge >= 0.3 is 0 Å². The lowest BCUT2D eigenvalue weighted by Gasteiger charge is -2.27. The summed E-state index contributed by atoms with van der Waals surface area (Å²) in [6.07, 6.45) is 6.69. The number of aromatic nitrogens is 1. The third-order valence-electron chi connectivity index (χ3n) is 12.3. The quantitative estimate of drug-likeness (QED) is 0.141. The second-order valence-electron chi connectivity index (χ2n) is 16.0. The first kappa shape index (κ1) is 37.1. The maximum absolute atomic E-state index is 2.50. The molecule has 294 valence electrons. The summed E-state index contributed by atoms with van der Waals surface area (Å²) in [4.78, 5) is 2.39. The van der Waals surface area contributed by atoms with Crippen molar-refractivity contribution in [2.45, 2.75) is 12.8 Å². The van der Waals surface area contributed by atoms with Crippen LogP contribution in [0.15, 0.2) is 237 Å². The third kappa shape index (κ3) is 7.02. The van der Waals surface area contributed by atoms with Crippen LogP contribution in [0.3, 0.4) is 0 Å². The van der Waals surface area contributed by atoms with Crippen molar-refractivity contribution < 1.29 is 0 Å². The molecular weight excluding hydrogens is 749 g/mol. The fraction of sp³-hybridized carbons (Fsp3) is 0.0333. The van der Waals surface area contributed by atoms with Gasteiger partial charge in [0.25, 0.3) is 0 Å². The van der Waals surface area contributed by atoms with Gasteiger partial charge in [-0.1, -0.05) is 182 Å². The SMILES string of the molecule is C1=Cc2c(n(-c3cc(-c4ccccc4)cc(-c4ccc(N(c5ccc(-c6ccccc6)cc5)c5ccc(-c6ccccc6)c(-c6ccccc6)c5)cc4)c3)c3ccccc23)CC1. The summed E-state index contributed by atoms with van der Waals surface area (Å²) in [6.45, 7) is 0. The molecule has 62 heavy (non-hydrogen) atoms. The van der Waals surface area contributed by atoms with Gasteiger partial charge in [-0.3, -0.25) is 0 Å². The summed E-state index contributed by atoms with van der Waals surface area (Å²) in [6, 6.07) is 83.8. The predicted molar refractivity (Wildman–Crippen MR) is 262 cm³/mol. The molecule has 2 heteroatoms. The van der Waals surface area contributed by atoms with Crippen LogP contribution >= 0.6 is 0 Å². The van der Waals surface area contributed by atoms with Crippen LogP contribution in [0.2, 0.25) is 0 Å². The lowest BCUT2D eigenvalue weighted by Crippen LogP contribution is -2.10. The molecule has 2 nitrogen and oxygen atoms in total. The Bertz CT molecular complexity index is 3180. The van der Waals surface area contributed by atoms with Crippen molar-refractivity contribution in [3.05, 3.63) is 248 Å². The molecule has 0 amide bonds. The van der Waals surface area contributed by atoms with E-state index >= 15 is 0 Å². The standard InChI is InChI=1S/C60H44N2/c1-5-17-43(18-6-1)45-29-33-51(34-30-45)61(53-37-38-55(47-21-9-3-10-22-47)58(42-53)48-23-11-4-12-24-48)52-35-31-46(32-36-52)50-39-49(44-19-7-2-8-20-44)40-54(41-50)62-59-27-15-13-25-56(59)57-26-14-16-28-60(57)62/h1-15,17-27,29-42H,16,28H2. The van der Waals surface area contributed by atoms with Crippen molar-refractivity contribution in [3.63, 3.8) is 0 Å². The Kier molecular flexibility index (Phi) is 9.72. The molecule has 0 atom stereocenters.